The molecule has 0 spiro atoms. The fourth-order valence-electron chi connectivity index (χ4n) is 5.17. The van der Waals surface area contributed by atoms with E-state index in [4.69, 9.17) is 9.47 Å². The number of hydrogen-bond acceptors (Lipinski definition) is 3. The molecular formula is C21H29NO3. The lowest BCUT2D eigenvalue weighted by Gasteiger charge is -2.50. The van der Waals surface area contributed by atoms with Gasteiger partial charge in [0.25, 0.3) is 0 Å². The number of benzene rings is 1. The normalized spacial score (nSPS) is 29.3. The third kappa shape index (κ3) is 3.34. The number of amides is 1. The Morgan fingerprint density at radius 2 is 2.08 bits per heavy atom. The minimum absolute atomic E-state index is 0.000447. The summed E-state index contributed by atoms with van der Waals surface area (Å²) in [7, 11) is 1.76. The molecule has 3 aliphatic rings. The van der Waals surface area contributed by atoms with Crippen LogP contribution in [0.5, 0.6) is 0 Å². The Labute approximate surface area is 150 Å². The van der Waals surface area contributed by atoms with Crippen LogP contribution in [-0.4, -0.2) is 50.3 Å². The lowest BCUT2D eigenvalue weighted by Crippen LogP contribution is -2.58. The van der Waals surface area contributed by atoms with E-state index < -0.39 is 0 Å². The molecule has 2 aliphatic heterocycles. The number of carbonyl (C=O) groups is 1. The number of nitrogens with zero attached hydrogens (tertiary/aromatic N) is 1. The molecule has 2 atom stereocenters. The Morgan fingerprint density at radius 3 is 2.80 bits per heavy atom. The maximum absolute atomic E-state index is 13.0. The molecule has 1 amide bonds. The fraction of sp³-hybridized carbons (Fsp3) is 0.667. The summed E-state index contributed by atoms with van der Waals surface area (Å²) in [5.74, 6) is 0.779. The molecule has 4 rings (SSSR count). The van der Waals surface area contributed by atoms with Gasteiger partial charge in [-0.1, -0.05) is 24.3 Å². The van der Waals surface area contributed by atoms with E-state index in [0.29, 0.717) is 24.9 Å². The van der Waals surface area contributed by atoms with Crippen molar-refractivity contribution in [2.75, 3.05) is 33.4 Å². The average molecular weight is 343 g/mol. The van der Waals surface area contributed by atoms with Crippen molar-refractivity contribution >= 4 is 5.91 Å². The number of piperidine rings is 1. The van der Waals surface area contributed by atoms with E-state index in [0.717, 1.165) is 51.8 Å². The lowest BCUT2D eigenvalue weighted by atomic mass is 9.73. The number of hydrogen-bond donors (Lipinski definition) is 0. The van der Waals surface area contributed by atoms with Crippen LogP contribution in [0, 0.1) is 11.3 Å². The number of carbonyl (C=O) groups excluding carboxylic acids is 1. The first-order chi connectivity index (χ1) is 12.2. The molecule has 2 heterocycles. The Morgan fingerprint density at radius 1 is 1.32 bits per heavy atom. The van der Waals surface area contributed by atoms with E-state index in [1.807, 2.05) is 0 Å². The van der Waals surface area contributed by atoms with Crippen molar-refractivity contribution in [3.63, 3.8) is 0 Å². The standard InChI is InChI=1S/C21H29NO3/c1-24-15-21-8-4-10-25-19(21)7-9-22(14-21)20(23)13-16-11-17-5-2-3-6-18(17)12-16/h2-3,5-6,16,19H,4,7-15H2,1H3/t19-,21-/m1/s1. The van der Waals surface area contributed by atoms with Gasteiger partial charge in [0.1, 0.15) is 0 Å². The van der Waals surface area contributed by atoms with Crippen LogP contribution >= 0.6 is 0 Å². The smallest absolute Gasteiger partial charge is 0.222 e. The monoisotopic (exact) mass is 343 g/mol. The molecule has 0 unspecified atom stereocenters. The highest BCUT2D eigenvalue weighted by atomic mass is 16.5. The highest BCUT2D eigenvalue weighted by Gasteiger charge is 2.47. The zero-order chi connectivity index (χ0) is 17.3. The van der Waals surface area contributed by atoms with Gasteiger partial charge in [-0.3, -0.25) is 4.79 Å². The molecule has 0 radical (unpaired) electrons. The fourth-order valence-corrected chi connectivity index (χ4v) is 5.17. The zero-order valence-corrected chi connectivity index (χ0v) is 15.2. The molecule has 0 aromatic heterocycles. The van der Waals surface area contributed by atoms with Gasteiger partial charge in [0.2, 0.25) is 5.91 Å². The Balaban J connectivity index is 1.39. The summed E-state index contributed by atoms with van der Waals surface area (Å²) in [6.07, 6.45) is 6.13. The van der Waals surface area contributed by atoms with Crippen LogP contribution in [0.1, 0.15) is 36.8 Å². The largest absolute Gasteiger partial charge is 0.384 e. The maximum atomic E-state index is 13.0. The van der Waals surface area contributed by atoms with Crippen molar-refractivity contribution in [1.29, 1.82) is 0 Å². The van der Waals surface area contributed by atoms with Gasteiger partial charge in [-0.25, -0.2) is 0 Å². The van der Waals surface area contributed by atoms with Crippen molar-refractivity contribution in [2.24, 2.45) is 11.3 Å². The van der Waals surface area contributed by atoms with Crippen LogP contribution in [0.4, 0.5) is 0 Å². The molecule has 0 saturated carbocycles. The third-order valence-corrected chi connectivity index (χ3v) is 6.37. The predicted molar refractivity (Wildman–Crippen MR) is 96.4 cm³/mol. The lowest BCUT2D eigenvalue weighted by molar-refractivity contribution is -0.162. The number of ether oxygens (including phenoxy) is 2. The van der Waals surface area contributed by atoms with Crippen LogP contribution in [0.25, 0.3) is 0 Å². The van der Waals surface area contributed by atoms with Gasteiger partial charge < -0.3 is 14.4 Å². The average Bonchev–Trinajstić information content (AvgIpc) is 3.03. The van der Waals surface area contributed by atoms with Crippen molar-refractivity contribution < 1.29 is 14.3 Å². The van der Waals surface area contributed by atoms with Crippen molar-refractivity contribution in [2.45, 2.75) is 44.6 Å². The second-order valence-corrected chi connectivity index (χ2v) is 8.11. The summed E-state index contributed by atoms with van der Waals surface area (Å²) in [4.78, 5) is 15.1. The number of methoxy groups -OCH3 is 1. The summed E-state index contributed by atoms with van der Waals surface area (Å²) >= 11 is 0. The molecule has 0 N–H and O–H groups in total. The molecule has 1 aromatic rings. The third-order valence-electron chi connectivity index (χ3n) is 6.37. The first-order valence-corrected chi connectivity index (χ1v) is 9.65. The summed E-state index contributed by atoms with van der Waals surface area (Å²) in [5.41, 5.74) is 2.85. The van der Waals surface area contributed by atoms with E-state index in [1.54, 1.807) is 7.11 Å². The van der Waals surface area contributed by atoms with Gasteiger partial charge in [-0.2, -0.15) is 0 Å². The van der Waals surface area contributed by atoms with Crippen molar-refractivity contribution in [3.05, 3.63) is 35.4 Å². The van der Waals surface area contributed by atoms with E-state index in [-0.39, 0.29) is 11.5 Å². The van der Waals surface area contributed by atoms with Crippen molar-refractivity contribution in [1.82, 2.24) is 4.90 Å². The highest BCUT2D eigenvalue weighted by molar-refractivity contribution is 5.77. The number of rotatable bonds is 4. The molecule has 0 bridgehead atoms. The minimum atomic E-state index is -0.000447. The zero-order valence-electron chi connectivity index (χ0n) is 15.2. The topological polar surface area (TPSA) is 38.8 Å². The van der Waals surface area contributed by atoms with Gasteiger partial charge in [0.15, 0.2) is 0 Å². The van der Waals surface area contributed by atoms with Gasteiger partial charge in [0.05, 0.1) is 12.7 Å². The Kier molecular flexibility index (Phi) is 4.83. The van der Waals surface area contributed by atoms with E-state index in [1.165, 1.54) is 11.1 Å². The van der Waals surface area contributed by atoms with Gasteiger partial charge in [-0.15, -0.1) is 0 Å². The van der Waals surface area contributed by atoms with Crippen LogP contribution in [0.15, 0.2) is 24.3 Å². The van der Waals surface area contributed by atoms with Gasteiger partial charge in [0, 0.05) is 38.6 Å². The Bertz CT molecular complexity index is 602. The molecule has 4 heteroatoms. The molecule has 1 aromatic carbocycles. The van der Waals surface area contributed by atoms with E-state index in [2.05, 4.69) is 29.2 Å². The summed E-state index contributed by atoms with van der Waals surface area (Å²) in [6, 6.07) is 8.62. The summed E-state index contributed by atoms with van der Waals surface area (Å²) in [5, 5.41) is 0. The predicted octanol–water partition coefficient (Wildman–Crippen LogP) is 2.84. The molecule has 136 valence electrons. The Hall–Kier alpha value is -1.39. The van der Waals surface area contributed by atoms with Crippen LogP contribution in [-0.2, 0) is 27.1 Å². The minimum Gasteiger partial charge on any atom is -0.384 e. The van der Waals surface area contributed by atoms with Gasteiger partial charge in [-0.05, 0) is 49.1 Å². The van der Waals surface area contributed by atoms with Crippen LogP contribution < -0.4 is 0 Å². The molecule has 4 nitrogen and oxygen atoms in total. The highest BCUT2D eigenvalue weighted by Crippen LogP contribution is 2.41. The second kappa shape index (κ2) is 7.08. The molecule has 1 aliphatic carbocycles. The molecular weight excluding hydrogens is 314 g/mol. The summed E-state index contributed by atoms with van der Waals surface area (Å²) < 4.78 is 11.6. The summed E-state index contributed by atoms with van der Waals surface area (Å²) in [6.45, 7) is 3.17. The first kappa shape index (κ1) is 17.0. The van der Waals surface area contributed by atoms with E-state index in [9.17, 15) is 4.79 Å². The first-order valence-electron chi connectivity index (χ1n) is 9.65. The number of likely N-dealkylation sites (tertiary alicyclic amines) is 1. The van der Waals surface area contributed by atoms with Gasteiger partial charge >= 0.3 is 0 Å². The molecule has 25 heavy (non-hydrogen) atoms. The van der Waals surface area contributed by atoms with Crippen LogP contribution in [0.3, 0.4) is 0 Å². The molecule has 2 fully saturated rings. The quantitative estimate of drug-likeness (QED) is 0.844. The SMILES string of the molecule is COC[C@]12CCCO[C@@H]1CCN(C(=O)CC1Cc3ccccc3C1)C2. The number of fused-ring (bicyclic) bond motifs is 2. The van der Waals surface area contributed by atoms with Crippen molar-refractivity contribution in [3.8, 4) is 0 Å². The maximum Gasteiger partial charge on any atom is 0.222 e. The van der Waals surface area contributed by atoms with E-state index >= 15 is 0 Å². The molecule has 2 saturated heterocycles. The van der Waals surface area contributed by atoms with Crippen LogP contribution in [0.2, 0.25) is 0 Å². The second-order valence-electron chi connectivity index (χ2n) is 8.11.